The zero-order chi connectivity index (χ0) is 4.28. The quantitative estimate of drug-likeness (QED) is 0.336. The largest absolute Gasteiger partial charge is 0.277 e. The molecule has 0 saturated carbocycles. The fourth-order valence-corrected chi connectivity index (χ4v) is 0. The standard InChI is InChI=1S/C2H4ClNO/c1-4(3)2-5/h2H,1H3. The molecular weight excluding hydrogens is 89.5 g/mol. The summed E-state index contributed by atoms with van der Waals surface area (Å²) in [6.07, 6.45) is 0.515. The van der Waals surface area contributed by atoms with Gasteiger partial charge < -0.3 is 0 Å². The third-order valence-electron chi connectivity index (χ3n) is 0.145. The van der Waals surface area contributed by atoms with Gasteiger partial charge in [-0.1, -0.05) is 0 Å². The van der Waals surface area contributed by atoms with Gasteiger partial charge in [0.05, 0.1) is 0 Å². The number of nitrogens with zero attached hydrogens (tertiary/aromatic N) is 1. The molecule has 0 N–H and O–H groups in total. The topological polar surface area (TPSA) is 20.3 Å². The van der Waals surface area contributed by atoms with Crippen LogP contribution < -0.4 is 0 Å². The van der Waals surface area contributed by atoms with Gasteiger partial charge in [-0.2, -0.15) is 0 Å². The molecule has 0 atom stereocenters. The van der Waals surface area contributed by atoms with Crippen molar-refractivity contribution in [2.45, 2.75) is 0 Å². The van der Waals surface area contributed by atoms with Crippen molar-refractivity contribution >= 4 is 18.2 Å². The van der Waals surface area contributed by atoms with Crippen LogP contribution in [0, 0.1) is 0 Å². The first-order valence-electron chi connectivity index (χ1n) is 1.11. The molecule has 0 aliphatic heterocycles. The number of amides is 1. The summed E-state index contributed by atoms with van der Waals surface area (Å²) in [4.78, 5) is 9.30. The van der Waals surface area contributed by atoms with Gasteiger partial charge in [-0.25, -0.2) is 0 Å². The highest BCUT2D eigenvalue weighted by molar-refractivity contribution is 6.17. The van der Waals surface area contributed by atoms with Crippen molar-refractivity contribution < 1.29 is 4.79 Å². The molecule has 0 saturated heterocycles. The number of carbonyl (C=O) groups excluding carboxylic acids is 1. The van der Waals surface area contributed by atoms with Gasteiger partial charge in [0.25, 0.3) is 0 Å². The minimum Gasteiger partial charge on any atom is -0.277 e. The van der Waals surface area contributed by atoms with Crippen LogP contribution in [0.5, 0.6) is 0 Å². The van der Waals surface area contributed by atoms with Gasteiger partial charge in [0, 0.05) is 18.8 Å². The Morgan fingerprint density at radius 2 is 2.20 bits per heavy atom. The molecule has 0 aromatic carbocycles. The van der Waals surface area contributed by atoms with Gasteiger partial charge in [0.15, 0.2) is 0 Å². The molecule has 0 aromatic rings. The minimum absolute atomic E-state index is 0.515. The summed E-state index contributed by atoms with van der Waals surface area (Å²) in [5.41, 5.74) is 0. The Bertz CT molecular complexity index is 36.6. The molecule has 0 aromatic heterocycles. The smallest absolute Gasteiger partial charge is 0.223 e. The van der Waals surface area contributed by atoms with Crippen molar-refractivity contribution in [3.05, 3.63) is 0 Å². The molecule has 3 heteroatoms. The van der Waals surface area contributed by atoms with Crippen molar-refractivity contribution in [3.8, 4) is 0 Å². The Kier molecular flexibility index (Phi) is 1.93. The maximum absolute atomic E-state index is 9.30. The molecule has 0 radical (unpaired) electrons. The maximum Gasteiger partial charge on any atom is 0.223 e. The SMILES string of the molecule is CN(Cl)C=O. The molecule has 0 bridgehead atoms. The van der Waals surface area contributed by atoms with E-state index in [1.807, 2.05) is 0 Å². The highest BCUT2D eigenvalue weighted by atomic mass is 35.5. The monoisotopic (exact) mass is 93.0 g/mol. The van der Waals surface area contributed by atoms with Gasteiger partial charge in [-0.05, 0) is 0 Å². The van der Waals surface area contributed by atoms with Crippen LogP contribution in [-0.4, -0.2) is 17.9 Å². The first-order valence-corrected chi connectivity index (χ1v) is 1.45. The fourth-order valence-electron chi connectivity index (χ4n) is 0. The highest BCUT2D eigenvalue weighted by Gasteiger charge is 1.72. The van der Waals surface area contributed by atoms with E-state index in [9.17, 15) is 4.79 Å². The van der Waals surface area contributed by atoms with Crippen LogP contribution in [0.2, 0.25) is 0 Å². The van der Waals surface area contributed by atoms with Gasteiger partial charge in [-0.3, -0.25) is 9.21 Å². The van der Waals surface area contributed by atoms with Crippen LogP contribution in [0.15, 0.2) is 0 Å². The van der Waals surface area contributed by atoms with E-state index in [0.717, 1.165) is 4.42 Å². The third-order valence-corrected chi connectivity index (χ3v) is 0.225. The lowest BCUT2D eigenvalue weighted by Gasteiger charge is -1.87. The summed E-state index contributed by atoms with van der Waals surface area (Å²) in [5, 5.41) is 0. The Balaban J connectivity index is 2.83. The van der Waals surface area contributed by atoms with Crippen molar-refractivity contribution in [2.24, 2.45) is 0 Å². The predicted molar refractivity (Wildman–Crippen MR) is 19.7 cm³/mol. The summed E-state index contributed by atoms with van der Waals surface area (Å²) in [6, 6.07) is 0. The van der Waals surface area contributed by atoms with Gasteiger partial charge in [0.1, 0.15) is 0 Å². The van der Waals surface area contributed by atoms with Crippen LogP contribution in [0.25, 0.3) is 0 Å². The molecule has 30 valence electrons. The van der Waals surface area contributed by atoms with Crippen molar-refractivity contribution in [1.29, 1.82) is 0 Å². The number of hydrogen-bond donors (Lipinski definition) is 0. The van der Waals surface area contributed by atoms with E-state index in [0.29, 0.717) is 6.41 Å². The molecule has 5 heavy (non-hydrogen) atoms. The Morgan fingerprint density at radius 3 is 2.20 bits per heavy atom. The number of hydrogen-bond acceptors (Lipinski definition) is 1. The summed E-state index contributed by atoms with van der Waals surface area (Å²) >= 11 is 4.93. The van der Waals surface area contributed by atoms with E-state index in [-0.39, 0.29) is 0 Å². The molecule has 0 fully saturated rings. The molecule has 0 spiro atoms. The molecule has 2 nitrogen and oxygen atoms in total. The Labute approximate surface area is 35.4 Å². The van der Waals surface area contributed by atoms with E-state index >= 15 is 0 Å². The van der Waals surface area contributed by atoms with E-state index in [1.165, 1.54) is 7.05 Å². The van der Waals surface area contributed by atoms with Crippen LogP contribution in [0.4, 0.5) is 0 Å². The average molecular weight is 93.5 g/mol. The van der Waals surface area contributed by atoms with E-state index in [1.54, 1.807) is 0 Å². The minimum atomic E-state index is 0.515. The van der Waals surface area contributed by atoms with Gasteiger partial charge in [0.2, 0.25) is 6.41 Å². The van der Waals surface area contributed by atoms with Gasteiger partial charge >= 0.3 is 0 Å². The Morgan fingerprint density at radius 1 is 2.00 bits per heavy atom. The van der Waals surface area contributed by atoms with E-state index in [4.69, 9.17) is 11.8 Å². The lowest BCUT2D eigenvalue weighted by molar-refractivity contribution is -0.113. The summed E-state index contributed by atoms with van der Waals surface area (Å²) in [7, 11) is 1.45. The molecule has 0 unspecified atom stereocenters. The second kappa shape index (κ2) is 2.03. The number of halogens is 1. The molecular formula is C2H4ClNO. The summed E-state index contributed by atoms with van der Waals surface area (Å²) in [6.45, 7) is 0. The summed E-state index contributed by atoms with van der Waals surface area (Å²) < 4.78 is 0.917. The lowest BCUT2D eigenvalue weighted by Crippen LogP contribution is -1.97. The van der Waals surface area contributed by atoms with Crippen molar-refractivity contribution in [3.63, 3.8) is 0 Å². The second-order valence-electron chi connectivity index (χ2n) is 0.630. The average Bonchev–Trinajstić information content (AvgIpc) is 1.38. The third kappa shape index (κ3) is 3.76. The molecule has 0 aliphatic rings. The van der Waals surface area contributed by atoms with Crippen LogP contribution in [0.1, 0.15) is 0 Å². The molecule has 1 amide bonds. The van der Waals surface area contributed by atoms with Gasteiger partial charge in [-0.15, -0.1) is 0 Å². The maximum atomic E-state index is 9.30. The van der Waals surface area contributed by atoms with Crippen LogP contribution in [-0.2, 0) is 4.79 Å². The van der Waals surface area contributed by atoms with Crippen molar-refractivity contribution in [1.82, 2.24) is 4.42 Å². The molecule has 0 heterocycles. The molecule has 0 rings (SSSR count). The first-order chi connectivity index (χ1) is 2.27. The second-order valence-corrected chi connectivity index (χ2v) is 1.16. The predicted octanol–water partition coefficient (Wildman–Crippen LogP) is 0.228. The van der Waals surface area contributed by atoms with Crippen molar-refractivity contribution in [2.75, 3.05) is 7.05 Å². The fraction of sp³-hybridized carbons (Fsp3) is 0.500. The first kappa shape index (κ1) is 4.76. The lowest BCUT2D eigenvalue weighted by atomic mass is 11.2. The van der Waals surface area contributed by atoms with Crippen LogP contribution >= 0.6 is 11.8 Å². The number of rotatable bonds is 1. The normalized spacial score (nSPS) is 6.80. The van der Waals surface area contributed by atoms with Crippen LogP contribution in [0.3, 0.4) is 0 Å². The van der Waals surface area contributed by atoms with E-state index in [2.05, 4.69) is 0 Å². The molecule has 0 aliphatic carbocycles. The van der Waals surface area contributed by atoms with E-state index < -0.39 is 0 Å². The number of carbonyl (C=O) groups is 1. The zero-order valence-electron chi connectivity index (χ0n) is 2.81. The Hall–Kier alpha value is -0.240. The zero-order valence-corrected chi connectivity index (χ0v) is 3.57. The highest BCUT2D eigenvalue weighted by Crippen LogP contribution is 1.73. The summed E-state index contributed by atoms with van der Waals surface area (Å²) in [5.74, 6) is 0.